The minimum atomic E-state index is -0.434. The molecule has 5 heteroatoms. The molecule has 0 spiro atoms. The monoisotopic (exact) mass is 396 g/mol. The van der Waals surface area contributed by atoms with Crippen LogP contribution in [0.5, 0.6) is 0 Å². The Morgan fingerprint density at radius 2 is 1.56 bits per heavy atom. The van der Waals surface area contributed by atoms with Gasteiger partial charge in [-0.15, -0.1) is 0 Å². The summed E-state index contributed by atoms with van der Waals surface area (Å²) in [5.74, 6) is 0. The zero-order valence-corrected chi connectivity index (χ0v) is 16.7. The molecule has 1 N–H and O–H groups in total. The number of rotatable bonds is 2. The van der Waals surface area contributed by atoms with Gasteiger partial charge in [0.1, 0.15) is 11.6 Å². The van der Waals surface area contributed by atoms with Crippen LogP contribution in [0.15, 0.2) is 53.3 Å². The third-order valence-corrected chi connectivity index (χ3v) is 5.18. The van der Waals surface area contributed by atoms with E-state index in [1.807, 2.05) is 30.3 Å². The third kappa shape index (κ3) is 3.93. The highest BCUT2D eigenvalue weighted by Crippen LogP contribution is 2.31. The van der Waals surface area contributed by atoms with Crippen LogP contribution in [-0.2, 0) is 5.41 Å². The lowest BCUT2D eigenvalue weighted by molar-refractivity contribution is 0.590. The molecule has 27 heavy (non-hydrogen) atoms. The Labute approximate surface area is 168 Å². The smallest absolute Gasteiger partial charge is 0.266 e. The van der Waals surface area contributed by atoms with E-state index in [1.54, 1.807) is 24.3 Å². The van der Waals surface area contributed by atoms with E-state index < -0.39 is 5.56 Å². The van der Waals surface area contributed by atoms with E-state index in [9.17, 15) is 10.1 Å². The number of hydrogen-bond donors (Lipinski definition) is 1. The molecule has 0 radical (unpaired) electrons. The summed E-state index contributed by atoms with van der Waals surface area (Å²) in [7, 11) is 0. The zero-order chi connectivity index (χ0) is 19.8. The lowest BCUT2D eigenvalue weighted by Gasteiger charge is -2.19. The van der Waals surface area contributed by atoms with Crippen molar-refractivity contribution in [1.29, 1.82) is 5.26 Å². The molecule has 3 nitrogen and oxygen atoms in total. The van der Waals surface area contributed by atoms with Gasteiger partial charge in [0.05, 0.1) is 10.0 Å². The number of nitrogens with one attached hydrogen (secondary N) is 1. The van der Waals surface area contributed by atoms with E-state index in [0.717, 1.165) is 11.1 Å². The van der Waals surface area contributed by atoms with Gasteiger partial charge in [-0.3, -0.25) is 4.79 Å². The minimum absolute atomic E-state index is 0.0238. The first-order chi connectivity index (χ1) is 12.7. The van der Waals surface area contributed by atoms with E-state index >= 15 is 0 Å². The van der Waals surface area contributed by atoms with Gasteiger partial charge < -0.3 is 4.98 Å². The molecule has 0 atom stereocenters. The van der Waals surface area contributed by atoms with Gasteiger partial charge in [-0.05, 0) is 40.3 Å². The van der Waals surface area contributed by atoms with Crippen LogP contribution in [0.2, 0.25) is 10.0 Å². The Kier molecular flexibility index (Phi) is 5.15. The first kappa shape index (κ1) is 19.2. The Morgan fingerprint density at radius 1 is 0.926 bits per heavy atom. The van der Waals surface area contributed by atoms with Crippen LogP contribution < -0.4 is 5.56 Å². The number of hydrogen-bond acceptors (Lipinski definition) is 2. The Bertz CT molecular complexity index is 1100. The first-order valence-corrected chi connectivity index (χ1v) is 9.20. The average molecular weight is 397 g/mol. The van der Waals surface area contributed by atoms with Crippen molar-refractivity contribution in [3.63, 3.8) is 0 Å². The van der Waals surface area contributed by atoms with Crippen LogP contribution in [0, 0.1) is 11.3 Å². The molecule has 0 aliphatic carbocycles. The summed E-state index contributed by atoms with van der Waals surface area (Å²) < 4.78 is 0. The third-order valence-electron chi connectivity index (χ3n) is 4.44. The van der Waals surface area contributed by atoms with Gasteiger partial charge in [-0.2, -0.15) is 5.26 Å². The predicted molar refractivity (Wildman–Crippen MR) is 111 cm³/mol. The van der Waals surface area contributed by atoms with Gasteiger partial charge in [-0.25, -0.2) is 0 Å². The number of halogens is 2. The van der Waals surface area contributed by atoms with Crippen molar-refractivity contribution in [1.82, 2.24) is 4.98 Å². The fourth-order valence-electron chi connectivity index (χ4n) is 2.87. The summed E-state index contributed by atoms with van der Waals surface area (Å²) in [4.78, 5) is 15.2. The molecule has 0 saturated carbocycles. The highest BCUT2D eigenvalue weighted by Gasteiger charge is 2.16. The van der Waals surface area contributed by atoms with Gasteiger partial charge in [-0.1, -0.05) is 74.3 Å². The van der Waals surface area contributed by atoms with Crippen molar-refractivity contribution in [3.05, 3.63) is 80.1 Å². The summed E-state index contributed by atoms with van der Waals surface area (Å²) >= 11 is 12.1. The van der Waals surface area contributed by atoms with Gasteiger partial charge >= 0.3 is 0 Å². The highest BCUT2D eigenvalue weighted by molar-refractivity contribution is 6.42. The molecular formula is C22H18Cl2N2O. The van der Waals surface area contributed by atoms with Gasteiger partial charge in [0, 0.05) is 11.3 Å². The molecule has 136 valence electrons. The SMILES string of the molecule is CC(C)(C)c1ccc(-c2cc(-c3ccc(Cl)c(Cl)c3)[nH]c(=O)c2C#N)cc1. The minimum Gasteiger partial charge on any atom is -0.321 e. The van der Waals surface area contributed by atoms with Crippen LogP contribution in [0.3, 0.4) is 0 Å². The molecule has 0 bridgehead atoms. The molecule has 0 fully saturated rings. The normalized spacial score (nSPS) is 11.3. The highest BCUT2D eigenvalue weighted by atomic mass is 35.5. The van der Waals surface area contributed by atoms with Gasteiger partial charge in [0.15, 0.2) is 0 Å². The first-order valence-electron chi connectivity index (χ1n) is 8.44. The number of aromatic nitrogens is 1. The Morgan fingerprint density at radius 3 is 2.11 bits per heavy atom. The molecule has 0 amide bonds. The number of pyridine rings is 1. The molecule has 2 aromatic carbocycles. The van der Waals surface area contributed by atoms with Gasteiger partial charge in [0.25, 0.3) is 5.56 Å². The van der Waals surface area contributed by atoms with Gasteiger partial charge in [0.2, 0.25) is 0 Å². The average Bonchev–Trinajstić information content (AvgIpc) is 2.62. The van der Waals surface area contributed by atoms with E-state index in [4.69, 9.17) is 23.2 Å². The topological polar surface area (TPSA) is 56.6 Å². The van der Waals surface area contributed by atoms with Crippen molar-refractivity contribution < 1.29 is 0 Å². The largest absolute Gasteiger partial charge is 0.321 e. The number of aromatic amines is 1. The van der Waals surface area contributed by atoms with Crippen molar-refractivity contribution in [2.45, 2.75) is 26.2 Å². The van der Waals surface area contributed by atoms with E-state index in [0.29, 0.717) is 21.3 Å². The van der Waals surface area contributed by atoms with Crippen molar-refractivity contribution in [2.75, 3.05) is 0 Å². The van der Waals surface area contributed by atoms with Crippen molar-refractivity contribution >= 4 is 23.2 Å². The number of nitriles is 1. The number of benzene rings is 2. The Hall–Kier alpha value is -2.54. The molecule has 0 aliphatic rings. The second-order valence-corrected chi connectivity index (χ2v) is 8.18. The number of H-pyrrole nitrogens is 1. The summed E-state index contributed by atoms with van der Waals surface area (Å²) in [5, 5.41) is 10.3. The molecule has 3 rings (SSSR count). The fourth-order valence-corrected chi connectivity index (χ4v) is 3.17. The maximum Gasteiger partial charge on any atom is 0.266 e. The molecule has 3 aromatic rings. The standard InChI is InChI=1S/C22H18Cl2N2O/c1-22(2,3)15-7-4-13(5-8-15)16-11-20(26-21(27)17(16)12-25)14-6-9-18(23)19(24)10-14/h4-11H,1-3H3,(H,26,27). The molecule has 1 aromatic heterocycles. The maximum atomic E-state index is 12.5. The van der Waals surface area contributed by atoms with Crippen LogP contribution in [0.25, 0.3) is 22.4 Å². The lowest BCUT2D eigenvalue weighted by Crippen LogP contribution is -2.13. The summed E-state index contributed by atoms with van der Waals surface area (Å²) in [5.41, 5.74) is 3.55. The second-order valence-electron chi connectivity index (χ2n) is 7.37. The van der Waals surface area contributed by atoms with Crippen LogP contribution in [0.4, 0.5) is 0 Å². The van der Waals surface area contributed by atoms with Crippen LogP contribution in [-0.4, -0.2) is 4.98 Å². The molecule has 0 saturated heterocycles. The molecule has 0 unspecified atom stereocenters. The summed E-state index contributed by atoms with van der Waals surface area (Å²) in [6.45, 7) is 6.41. The molecule has 0 aliphatic heterocycles. The lowest BCUT2D eigenvalue weighted by atomic mass is 9.86. The summed E-state index contributed by atoms with van der Waals surface area (Å²) in [6.07, 6.45) is 0. The number of nitrogens with zero attached hydrogens (tertiary/aromatic N) is 1. The van der Waals surface area contributed by atoms with E-state index in [-0.39, 0.29) is 11.0 Å². The maximum absolute atomic E-state index is 12.5. The van der Waals surface area contributed by atoms with Crippen LogP contribution in [0.1, 0.15) is 31.9 Å². The quantitative estimate of drug-likeness (QED) is 0.561. The van der Waals surface area contributed by atoms with Crippen molar-refractivity contribution in [2.24, 2.45) is 0 Å². The van der Waals surface area contributed by atoms with Crippen molar-refractivity contribution in [3.8, 4) is 28.5 Å². The van der Waals surface area contributed by atoms with E-state index in [1.165, 1.54) is 5.56 Å². The second kappa shape index (κ2) is 7.23. The Balaban J connectivity index is 2.17. The molecular weight excluding hydrogens is 379 g/mol. The zero-order valence-electron chi connectivity index (χ0n) is 15.2. The van der Waals surface area contributed by atoms with Crippen LogP contribution >= 0.6 is 23.2 Å². The van der Waals surface area contributed by atoms with E-state index in [2.05, 4.69) is 25.8 Å². The fraction of sp³-hybridized carbons (Fsp3) is 0.182. The molecule has 1 heterocycles. The summed E-state index contributed by atoms with van der Waals surface area (Å²) in [6, 6.07) is 16.9. The predicted octanol–water partition coefficient (Wildman–Crippen LogP) is 6.18.